The fourth-order valence-electron chi connectivity index (χ4n) is 4.96. The molecule has 0 bridgehead atoms. The highest BCUT2D eigenvalue weighted by Crippen LogP contribution is 2.37. The minimum atomic E-state index is -4.63. The summed E-state index contributed by atoms with van der Waals surface area (Å²) in [5, 5.41) is 8.94. The molecular weight excluding hydrogens is 523 g/mol. The number of nitrogens with zero attached hydrogens (tertiary/aromatic N) is 3. The van der Waals surface area contributed by atoms with Gasteiger partial charge in [-0.15, -0.1) is 0 Å². The molecule has 3 N–H and O–H groups in total. The summed E-state index contributed by atoms with van der Waals surface area (Å²) in [6.45, 7) is 2.80. The van der Waals surface area contributed by atoms with Crippen molar-refractivity contribution in [3.63, 3.8) is 0 Å². The van der Waals surface area contributed by atoms with E-state index in [4.69, 9.17) is 20.3 Å². The molecule has 2 aromatic heterocycles. The summed E-state index contributed by atoms with van der Waals surface area (Å²) in [6.07, 6.45) is -3.36. The number of halogens is 3. The molecule has 1 amide bonds. The zero-order valence-corrected chi connectivity index (χ0v) is 22.0. The maximum Gasteiger partial charge on any atom is 0.433 e. The number of hydrogen-bond acceptors (Lipinski definition) is 7. The Hall–Kier alpha value is -4.25. The van der Waals surface area contributed by atoms with Crippen LogP contribution in [0.2, 0.25) is 0 Å². The summed E-state index contributed by atoms with van der Waals surface area (Å²) in [5.74, 6) is 0.0812. The molecule has 8 nitrogen and oxygen atoms in total. The van der Waals surface area contributed by atoms with Gasteiger partial charge in [-0.1, -0.05) is 29.8 Å². The summed E-state index contributed by atoms with van der Waals surface area (Å²) in [5.41, 5.74) is 7.81. The molecule has 2 aromatic carbocycles. The second kappa shape index (κ2) is 10.7. The van der Waals surface area contributed by atoms with Crippen molar-refractivity contribution in [2.24, 2.45) is 11.7 Å². The average Bonchev–Trinajstić information content (AvgIpc) is 3.40. The molecule has 1 aliphatic heterocycles. The number of fused-ring (bicyclic) bond motifs is 1. The van der Waals surface area contributed by atoms with Crippen molar-refractivity contribution in [3.05, 3.63) is 76.8 Å². The van der Waals surface area contributed by atoms with Crippen LogP contribution in [0.1, 0.15) is 45.9 Å². The third-order valence-corrected chi connectivity index (χ3v) is 7.20. The van der Waals surface area contributed by atoms with Crippen molar-refractivity contribution in [2.75, 3.05) is 20.2 Å². The van der Waals surface area contributed by atoms with Gasteiger partial charge in [0.2, 0.25) is 5.89 Å². The standard InChI is InChI=1S/C29H28F3N5O3/c1-16-3-5-17(6-4-16)24(34)18-11-13-37(14-12-18)28(38)26-22(15-33)40-27(36-26)20-7-9-21(39-2)25-19(20)8-10-23(35-25)29(30,31)32/h3-10,18,34H,11-15,33H2,1-2H3. The number of nitrogens with two attached hydrogens (primary N) is 1. The van der Waals surface area contributed by atoms with Crippen LogP contribution in [-0.2, 0) is 12.7 Å². The molecule has 3 heterocycles. The van der Waals surface area contributed by atoms with E-state index in [1.165, 1.54) is 19.2 Å². The molecule has 208 valence electrons. The molecule has 0 unspecified atom stereocenters. The SMILES string of the molecule is COc1ccc(-c2nc(C(=O)N3CCC(C(=N)c4ccc(C)cc4)CC3)c(CN)o2)c2ccc(C(F)(F)F)nc12. The van der Waals surface area contributed by atoms with Crippen molar-refractivity contribution in [1.82, 2.24) is 14.9 Å². The Bertz CT molecular complexity index is 1570. The molecular formula is C29H28F3N5O3. The first-order valence-corrected chi connectivity index (χ1v) is 12.8. The van der Waals surface area contributed by atoms with Gasteiger partial charge in [-0.05, 0) is 49.6 Å². The Labute approximate surface area is 228 Å². The number of pyridine rings is 1. The van der Waals surface area contributed by atoms with Crippen LogP contribution in [0.4, 0.5) is 13.2 Å². The van der Waals surface area contributed by atoms with Crippen molar-refractivity contribution in [1.29, 1.82) is 5.41 Å². The van der Waals surface area contributed by atoms with Crippen molar-refractivity contribution in [3.8, 4) is 17.2 Å². The zero-order valence-electron chi connectivity index (χ0n) is 22.0. The lowest BCUT2D eigenvalue weighted by Gasteiger charge is -2.32. The van der Waals surface area contributed by atoms with E-state index in [-0.39, 0.29) is 47.0 Å². The maximum atomic E-state index is 13.5. The number of ether oxygens (including phenoxy) is 1. The molecule has 5 rings (SSSR count). The Morgan fingerprint density at radius 2 is 1.80 bits per heavy atom. The molecule has 1 saturated heterocycles. The highest BCUT2D eigenvalue weighted by atomic mass is 19.4. The number of nitrogens with one attached hydrogen (secondary N) is 1. The summed E-state index contributed by atoms with van der Waals surface area (Å²) in [7, 11) is 1.34. The Morgan fingerprint density at radius 1 is 1.10 bits per heavy atom. The van der Waals surface area contributed by atoms with Gasteiger partial charge < -0.3 is 25.2 Å². The molecule has 1 aliphatic rings. The van der Waals surface area contributed by atoms with Crippen molar-refractivity contribution >= 4 is 22.5 Å². The number of benzene rings is 2. The number of carbonyl (C=O) groups excluding carboxylic acids is 1. The van der Waals surface area contributed by atoms with Gasteiger partial charge in [0.25, 0.3) is 5.91 Å². The van der Waals surface area contributed by atoms with Crippen LogP contribution in [0.5, 0.6) is 5.75 Å². The quantitative estimate of drug-likeness (QED) is 0.301. The van der Waals surface area contributed by atoms with Gasteiger partial charge in [-0.25, -0.2) is 9.97 Å². The predicted octanol–water partition coefficient (Wildman–Crippen LogP) is 5.60. The summed E-state index contributed by atoms with van der Waals surface area (Å²) in [6, 6.07) is 13.1. The molecule has 1 fully saturated rings. The number of hydrogen-bond donors (Lipinski definition) is 2. The fraction of sp³-hybridized carbons (Fsp3) is 0.310. The first-order chi connectivity index (χ1) is 19.1. The number of amides is 1. The van der Waals surface area contributed by atoms with Crippen LogP contribution in [0.15, 0.2) is 52.9 Å². The number of oxazole rings is 1. The van der Waals surface area contributed by atoms with Gasteiger partial charge in [0.05, 0.1) is 13.7 Å². The predicted molar refractivity (Wildman–Crippen MR) is 143 cm³/mol. The van der Waals surface area contributed by atoms with E-state index >= 15 is 0 Å². The zero-order chi connectivity index (χ0) is 28.6. The van der Waals surface area contributed by atoms with Crippen LogP contribution in [0, 0.1) is 18.3 Å². The van der Waals surface area contributed by atoms with Crippen LogP contribution in [0.25, 0.3) is 22.4 Å². The third kappa shape index (κ3) is 5.16. The number of aromatic nitrogens is 2. The highest BCUT2D eigenvalue weighted by Gasteiger charge is 2.34. The van der Waals surface area contributed by atoms with Crippen molar-refractivity contribution in [2.45, 2.75) is 32.5 Å². The second-order valence-corrected chi connectivity index (χ2v) is 9.75. The minimum Gasteiger partial charge on any atom is -0.494 e. The lowest BCUT2D eigenvalue weighted by atomic mass is 9.88. The first kappa shape index (κ1) is 27.3. The number of aryl methyl sites for hydroxylation is 1. The normalized spacial score (nSPS) is 14.5. The second-order valence-electron chi connectivity index (χ2n) is 9.75. The molecule has 11 heteroatoms. The Kier molecular flexibility index (Phi) is 7.33. The highest BCUT2D eigenvalue weighted by molar-refractivity contribution is 6.01. The largest absolute Gasteiger partial charge is 0.494 e. The number of piperidine rings is 1. The van der Waals surface area contributed by atoms with Crippen LogP contribution in [-0.4, -0.2) is 46.7 Å². The van der Waals surface area contributed by atoms with E-state index in [9.17, 15) is 18.0 Å². The van der Waals surface area contributed by atoms with Gasteiger partial charge in [-0.3, -0.25) is 4.79 Å². The van der Waals surface area contributed by atoms with Gasteiger partial charge in [0, 0.05) is 35.7 Å². The lowest BCUT2D eigenvalue weighted by Crippen LogP contribution is -2.40. The van der Waals surface area contributed by atoms with Crippen molar-refractivity contribution < 1.29 is 27.1 Å². The molecule has 4 aromatic rings. The third-order valence-electron chi connectivity index (χ3n) is 7.20. The first-order valence-electron chi connectivity index (χ1n) is 12.8. The van der Waals surface area contributed by atoms with Gasteiger partial charge >= 0.3 is 6.18 Å². The molecule has 0 spiro atoms. The number of likely N-dealkylation sites (tertiary alicyclic amines) is 1. The van der Waals surface area contributed by atoms with E-state index in [1.54, 1.807) is 11.0 Å². The van der Waals surface area contributed by atoms with Crippen LogP contribution < -0.4 is 10.5 Å². The van der Waals surface area contributed by atoms with Crippen LogP contribution >= 0.6 is 0 Å². The van der Waals surface area contributed by atoms with E-state index in [0.717, 1.165) is 17.2 Å². The van der Waals surface area contributed by atoms with Gasteiger partial charge in [-0.2, -0.15) is 13.2 Å². The van der Waals surface area contributed by atoms with Gasteiger partial charge in [0.15, 0.2) is 11.5 Å². The van der Waals surface area contributed by atoms with E-state index < -0.39 is 11.9 Å². The Balaban J connectivity index is 1.40. The van der Waals surface area contributed by atoms with Crippen LogP contribution in [0.3, 0.4) is 0 Å². The maximum absolute atomic E-state index is 13.5. The monoisotopic (exact) mass is 551 g/mol. The van der Waals surface area contributed by atoms with Gasteiger partial charge in [0.1, 0.15) is 17.0 Å². The summed E-state index contributed by atoms with van der Waals surface area (Å²) < 4.78 is 51.0. The smallest absolute Gasteiger partial charge is 0.433 e. The minimum absolute atomic E-state index is 0.00621. The summed E-state index contributed by atoms with van der Waals surface area (Å²) >= 11 is 0. The molecule has 0 saturated carbocycles. The molecule has 0 radical (unpaired) electrons. The number of carbonyl (C=O) groups is 1. The fourth-order valence-corrected chi connectivity index (χ4v) is 4.96. The Morgan fingerprint density at radius 3 is 2.42 bits per heavy atom. The van der Waals surface area contributed by atoms with E-state index in [1.807, 2.05) is 31.2 Å². The van der Waals surface area contributed by atoms with E-state index in [2.05, 4.69) is 9.97 Å². The molecule has 0 atom stereocenters. The number of methoxy groups -OCH3 is 1. The summed E-state index contributed by atoms with van der Waals surface area (Å²) in [4.78, 5) is 23.3. The average molecular weight is 552 g/mol. The molecule has 0 aliphatic carbocycles. The number of alkyl halides is 3. The van der Waals surface area contributed by atoms with E-state index in [0.29, 0.717) is 42.6 Å². The topological polar surface area (TPSA) is 118 Å². The lowest BCUT2D eigenvalue weighted by molar-refractivity contribution is -0.140. The molecule has 40 heavy (non-hydrogen) atoms. The number of rotatable bonds is 6.